The number of rotatable bonds is 3. The van der Waals surface area contributed by atoms with Crippen LogP contribution in [0.5, 0.6) is 0 Å². The Morgan fingerprint density at radius 2 is 1.70 bits per heavy atom. The van der Waals surface area contributed by atoms with Crippen molar-refractivity contribution in [2.24, 2.45) is 0 Å². The van der Waals surface area contributed by atoms with Crippen LogP contribution in [0.3, 0.4) is 0 Å². The fourth-order valence-electron chi connectivity index (χ4n) is 1.94. The van der Waals surface area contributed by atoms with Gasteiger partial charge in [-0.2, -0.15) is 0 Å². The van der Waals surface area contributed by atoms with Gasteiger partial charge in [-0.1, -0.05) is 6.07 Å². The van der Waals surface area contributed by atoms with Gasteiger partial charge in [-0.25, -0.2) is 13.2 Å². The van der Waals surface area contributed by atoms with Crippen molar-refractivity contribution in [3.63, 3.8) is 0 Å². The molecule has 0 aromatic heterocycles. The molecule has 0 saturated carbocycles. The lowest BCUT2D eigenvalue weighted by molar-refractivity contribution is 0.577. The summed E-state index contributed by atoms with van der Waals surface area (Å²) < 4.78 is 42.0. The second-order valence-electron chi connectivity index (χ2n) is 4.47. The van der Waals surface area contributed by atoms with Crippen molar-refractivity contribution in [3.05, 3.63) is 57.8 Å². The Bertz CT molecular complexity index is 643. The van der Waals surface area contributed by atoms with Gasteiger partial charge in [0.05, 0.1) is 10.0 Å². The summed E-state index contributed by atoms with van der Waals surface area (Å²) in [5, 5.41) is 3.00. The summed E-state index contributed by atoms with van der Waals surface area (Å²) in [4.78, 5) is 0. The maximum Gasteiger partial charge on any atom is 0.148 e. The molecule has 1 unspecified atom stereocenters. The van der Waals surface area contributed by atoms with E-state index in [1.807, 2.05) is 6.92 Å². The molecule has 106 valence electrons. The quantitative estimate of drug-likeness (QED) is 0.788. The van der Waals surface area contributed by atoms with Crippen molar-refractivity contribution in [3.8, 4) is 11.1 Å². The summed E-state index contributed by atoms with van der Waals surface area (Å²) in [5.41, 5.74) is 0.311. The molecule has 2 aromatic carbocycles. The minimum atomic E-state index is -0.807. The van der Waals surface area contributed by atoms with Crippen LogP contribution in [0.4, 0.5) is 13.2 Å². The molecule has 2 rings (SSSR count). The summed E-state index contributed by atoms with van der Waals surface area (Å²) in [6, 6.07) is 6.59. The molecule has 0 aliphatic rings. The smallest absolute Gasteiger partial charge is 0.148 e. The molecule has 0 aliphatic carbocycles. The molecule has 0 radical (unpaired) electrons. The predicted octanol–water partition coefficient (Wildman–Crippen LogP) is 4.81. The Labute approximate surface area is 123 Å². The first-order valence-electron chi connectivity index (χ1n) is 6.06. The van der Waals surface area contributed by atoms with Crippen molar-refractivity contribution in [1.29, 1.82) is 0 Å². The zero-order chi connectivity index (χ0) is 14.9. The van der Waals surface area contributed by atoms with Crippen LogP contribution in [0, 0.1) is 17.5 Å². The Balaban J connectivity index is 2.66. The molecule has 0 fully saturated rings. The van der Waals surface area contributed by atoms with Gasteiger partial charge in [-0.3, -0.25) is 0 Å². The molecule has 5 heteroatoms. The monoisotopic (exact) mass is 343 g/mol. The highest BCUT2D eigenvalue weighted by molar-refractivity contribution is 9.10. The minimum Gasteiger partial charge on any atom is -0.313 e. The minimum absolute atomic E-state index is 0.0485. The number of nitrogens with one attached hydrogen (secondary N) is 1. The molecule has 0 heterocycles. The van der Waals surface area contributed by atoms with Gasteiger partial charge in [0.1, 0.15) is 17.5 Å². The fourth-order valence-corrected chi connectivity index (χ4v) is 2.27. The highest BCUT2D eigenvalue weighted by atomic mass is 79.9. The Morgan fingerprint density at radius 3 is 2.35 bits per heavy atom. The predicted molar refractivity (Wildman–Crippen MR) is 76.9 cm³/mol. The van der Waals surface area contributed by atoms with Crippen LogP contribution in [-0.2, 0) is 0 Å². The van der Waals surface area contributed by atoms with Gasteiger partial charge in [0, 0.05) is 11.6 Å². The van der Waals surface area contributed by atoms with Crippen molar-refractivity contribution in [1.82, 2.24) is 5.32 Å². The van der Waals surface area contributed by atoms with Gasteiger partial charge in [0.25, 0.3) is 0 Å². The highest BCUT2D eigenvalue weighted by Crippen LogP contribution is 2.33. The maximum absolute atomic E-state index is 14.1. The number of hydrogen-bond acceptors (Lipinski definition) is 1. The zero-order valence-corrected chi connectivity index (χ0v) is 12.6. The number of benzene rings is 2. The van der Waals surface area contributed by atoms with Crippen LogP contribution in [0.25, 0.3) is 11.1 Å². The molecule has 0 amide bonds. The molecular weight excluding hydrogens is 331 g/mol. The van der Waals surface area contributed by atoms with Crippen LogP contribution in [0.1, 0.15) is 18.5 Å². The van der Waals surface area contributed by atoms with Gasteiger partial charge in [0.15, 0.2) is 0 Å². The largest absolute Gasteiger partial charge is 0.313 e. The Hall–Kier alpha value is -1.33. The zero-order valence-electron chi connectivity index (χ0n) is 11.0. The molecule has 0 saturated heterocycles. The third-order valence-corrected chi connectivity index (χ3v) is 3.85. The summed E-state index contributed by atoms with van der Waals surface area (Å²) in [6.45, 7) is 1.88. The van der Waals surface area contributed by atoms with E-state index in [0.29, 0.717) is 0 Å². The van der Waals surface area contributed by atoms with Crippen molar-refractivity contribution >= 4 is 15.9 Å². The van der Waals surface area contributed by atoms with Crippen LogP contribution < -0.4 is 5.32 Å². The van der Waals surface area contributed by atoms with Gasteiger partial charge in [-0.15, -0.1) is 0 Å². The molecule has 1 atom stereocenters. The van der Waals surface area contributed by atoms with Crippen LogP contribution >= 0.6 is 15.9 Å². The first-order valence-corrected chi connectivity index (χ1v) is 6.85. The average molecular weight is 344 g/mol. The van der Waals surface area contributed by atoms with E-state index in [9.17, 15) is 13.2 Å². The van der Waals surface area contributed by atoms with Crippen LogP contribution in [-0.4, -0.2) is 7.05 Å². The van der Waals surface area contributed by atoms with E-state index in [0.717, 1.165) is 11.6 Å². The molecular formula is C15H13BrF3N. The second-order valence-corrected chi connectivity index (χ2v) is 5.32. The summed E-state index contributed by atoms with van der Waals surface area (Å²) >= 11 is 2.99. The van der Waals surface area contributed by atoms with E-state index in [2.05, 4.69) is 21.2 Å². The van der Waals surface area contributed by atoms with Crippen molar-refractivity contribution < 1.29 is 13.2 Å². The van der Waals surface area contributed by atoms with Crippen LogP contribution in [0.2, 0.25) is 0 Å². The third-order valence-electron chi connectivity index (χ3n) is 3.24. The Kier molecular flexibility index (Phi) is 4.50. The molecule has 2 aromatic rings. The second kappa shape index (κ2) is 5.97. The fraction of sp³-hybridized carbons (Fsp3) is 0.200. The summed E-state index contributed by atoms with van der Waals surface area (Å²) in [5.74, 6) is -2.26. The normalized spacial score (nSPS) is 12.5. The third kappa shape index (κ3) is 2.74. The first kappa shape index (κ1) is 15.1. The standard InChI is InChI=1S/C15H13BrF3N/c1-8(20-2)9-3-5-12(17)10(7-9)14-13(18)6-4-11(16)15(14)19/h3-8,20H,1-2H3. The molecule has 1 nitrogen and oxygen atoms in total. The van der Waals surface area contributed by atoms with Gasteiger partial charge < -0.3 is 5.32 Å². The van der Waals surface area contributed by atoms with Crippen molar-refractivity contribution in [2.45, 2.75) is 13.0 Å². The number of hydrogen-bond donors (Lipinski definition) is 1. The lowest BCUT2D eigenvalue weighted by atomic mass is 9.98. The topological polar surface area (TPSA) is 12.0 Å². The lowest BCUT2D eigenvalue weighted by Crippen LogP contribution is -2.12. The van der Waals surface area contributed by atoms with E-state index in [1.54, 1.807) is 13.1 Å². The van der Waals surface area contributed by atoms with Gasteiger partial charge in [-0.05, 0) is 59.7 Å². The maximum atomic E-state index is 14.1. The number of halogens is 4. The first-order chi connectivity index (χ1) is 9.45. The summed E-state index contributed by atoms with van der Waals surface area (Å²) in [7, 11) is 1.76. The molecule has 1 N–H and O–H groups in total. The highest BCUT2D eigenvalue weighted by Gasteiger charge is 2.19. The lowest BCUT2D eigenvalue weighted by Gasteiger charge is -2.14. The SMILES string of the molecule is CNC(C)c1ccc(F)c(-c2c(F)ccc(Br)c2F)c1. The molecule has 0 bridgehead atoms. The van der Waals surface area contributed by atoms with E-state index < -0.39 is 17.5 Å². The van der Waals surface area contributed by atoms with Gasteiger partial charge in [0.2, 0.25) is 0 Å². The van der Waals surface area contributed by atoms with E-state index in [1.165, 1.54) is 18.2 Å². The molecule has 0 spiro atoms. The van der Waals surface area contributed by atoms with E-state index >= 15 is 0 Å². The van der Waals surface area contributed by atoms with Gasteiger partial charge >= 0.3 is 0 Å². The Morgan fingerprint density at radius 1 is 1.05 bits per heavy atom. The van der Waals surface area contributed by atoms with E-state index in [-0.39, 0.29) is 21.6 Å². The molecule has 0 aliphatic heterocycles. The van der Waals surface area contributed by atoms with Crippen molar-refractivity contribution in [2.75, 3.05) is 7.05 Å². The summed E-state index contributed by atoms with van der Waals surface area (Å²) in [6.07, 6.45) is 0. The average Bonchev–Trinajstić information content (AvgIpc) is 2.44. The molecule has 20 heavy (non-hydrogen) atoms. The van der Waals surface area contributed by atoms with Crippen LogP contribution in [0.15, 0.2) is 34.8 Å². The van der Waals surface area contributed by atoms with E-state index in [4.69, 9.17) is 0 Å².